The molecular formula is C20H16BrCl2N3O3. The smallest absolute Gasteiger partial charge is 0.305 e. The van der Waals surface area contributed by atoms with Gasteiger partial charge in [0.15, 0.2) is 0 Å². The number of nitrogens with zero attached hydrogens (tertiary/aromatic N) is 2. The quantitative estimate of drug-likeness (QED) is 0.491. The number of rotatable bonds is 6. The number of carboxylic acid groups (broad SMARTS) is 1. The maximum absolute atomic E-state index is 12.9. The van der Waals surface area contributed by atoms with Crippen LogP contribution in [0, 0.1) is 6.92 Å². The third-order valence-electron chi connectivity index (χ3n) is 4.34. The van der Waals surface area contributed by atoms with Gasteiger partial charge in [-0.15, -0.1) is 0 Å². The number of amides is 1. The average Bonchev–Trinajstić information content (AvgIpc) is 3.04. The molecule has 3 rings (SSSR count). The Morgan fingerprint density at radius 2 is 1.97 bits per heavy atom. The summed E-state index contributed by atoms with van der Waals surface area (Å²) in [7, 11) is 0. The second-order valence-corrected chi connectivity index (χ2v) is 8.06. The van der Waals surface area contributed by atoms with Crippen molar-refractivity contribution in [2.24, 2.45) is 0 Å². The van der Waals surface area contributed by atoms with Gasteiger partial charge in [0, 0.05) is 4.47 Å². The van der Waals surface area contributed by atoms with E-state index in [1.54, 1.807) is 48.0 Å². The van der Waals surface area contributed by atoms with Crippen molar-refractivity contribution in [3.63, 3.8) is 0 Å². The van der Waals surface area contributed by atoms with Gasteiger partial charge in [-0.05, 0) is 42.8 Å². The molecule has 0 saturated heterocycles. The first-order valence-electron chi connectivity index (χ1n) is 8.54. The van der Waals surface area contributed by atoms with E-state index in [0.29, 0.717) is 32.6 Å². The van der Waals surface area contributed by atoms with Crippen LogP contribution in [0.1, 0.15) is 34.1 Å². The molecule has 9 heteroatoms. The molecule has 2 N–H and O–H groups in total. The molecule has 1 unspecified atom stereocenters. The van der Waals surface area contributed by atoms with Crippen LogP contribution in [-0.4, -0.2) is 26.8 Å². The highest BCUT2D eigenvalue weighted by atomic mass is 79.9. The zero-order valence-corrected chi connectivity index (χ0v) is 18.3. The van der Waals surface area contributed by atoms with Crippen molar-refractivity contribution in [3.8, 4) is 5.69 Å². The number of halogens is 3. The zero-order valence-electron chi connectivity index (χ0n) is 15.2. The molecule has 3 aromatic rings. The summed E-state index contributed by atoms with van der Waals surface area (Å²) in [5.41, 5.74) is 2.26. The Labute approximate surface area is 185 Å². The molecule has 0 radical (unpaired) electrons. The summed E-state index contributed by atoms with van der Waals surface area (Å²) in [6, 6.07) is 11.5. The van der Waals surface area contributed by atoms with E-state index in [2.05, 4.69) is 26.3 Å². The van der Waals surface area contributed by atoms with Crippen molar-refractivity contribution in [2.45, 2.75) is 19.4 Å². The van der Waals surface area contributed by atoms with E-state index in [-0.39, 0.29) is 6.42 Å². The monoisotopic (exact) mass is 495 g/mol. The Hall–Kier alpha value is -2.35. The summed E-state index contributed by atoms with van der Waals surface area (Å²) >= 11 is 15.4. The van der Waals surface area contributed by atoms with E-state index in [9.17, 15) is 14.7 Å². The van der Waals surface area contributed by atoms with E-state index in [1.807, 2.05) is 6.07 Å². The minimum atomic E-state index is -1.02. The number of aliphatic carboxylic acids is 1. The van der Waals surface area contributed by atoms with Crippen LogP contribution in [0.15, 0.2) is 53.1 Å². The summed E-state index contributed by atoms with van der Waals surface area (Å²) in [4.78, 5) is 24.2. The number of hydrogen-bond donors (Lipinski definition) is 2. The van der Waals surface area contributed by atoms with Gasteiger partial charge in [-0.25, -0.2) is 4.68 Å². The molecule has 0 aliphatic heterocycles. The van der Waals surface area contributed by atoms with Crippen molar-refractivity contribution in [1.29, 1.82) is 0 Å². The second-order valence-electron chi connectivity index (χ2n) is 6.33. The lowest BCUT2D eigenvalue weighted by atomic mass is 10.0. The summed E-state index contributed by atoms with van der Waals surface area (Å²) < 4.78 is 2.37. The molecule has 0 aliphatic carbocycles. The number of nitrogens with one attached hydrogen (secondary N) is 1. The van der Waals surface area contributed by atoms with Gasteiger partial charge < -0.3 is 10.4 Å². The largest absolute Gasteiger partial charge is 0.481 e. The molecule has 150 valence electrons. The number of carboxylic acids is 1. The van der Waals surface area contributed by atoms with E-state index < -0.39 is 17.9 Å². The van der Waals surface area contributed by atoms with Crippen molar-refractivity contribution >= 4 is 51.0 Å². The Morgan fingerprint density at radius 1 is 1.21 bits per heavy atom. The fourth-order valence-corrected chi connectivity index (χ4v) is 3.61. The van der Waals surface area contributed by atoms with Crippen LogP contribution in [0.5, 0.6) is 0 Å². The number of carbonyl (C=O) groups excluding carboxylic acids is 1. The number of carbonyl (C=O) groups is 2. The molecule has 29 heavy (non-hydrogen) atoms. The SMILES string of the molecule is Cc1c(C(=O)NC(CC(=O)O)c2cccc(Br)c2)cnn1-c1ccc(Cl)c(Cl)c1. The topological polar surface area (TPSA) is 84.2 Å². The average molecular weight is 497 g/mol. The van der Waals surface area contributed by atoms with Crippen molar-refractivity contribution in [3.05, 3.63) is 80.0 Å². The minimum Gasteiger partial charge on any atom is -0.481 e. The number of aromatic nitrogens is 2. The first kappa shape index (κ1) is 21.4. The normalized spacial score (nSPS) is 11.9. The van der Waals surface area contributed by atoms with E-state index in [0.717, 1.165) is 4.47 Å². The molecule has 0 saturated carbocycles. The summed E-state index contributed by atoms with van der Waals surface area (Å²) in [6.45, 7) is 1.75. The molecule has 0 spiro atoms. The van der Waals surface area contributed by atoms with Crippen LogP contribution in [0.3, 0.4) is 0 Å². The molecule has 0 aliphatic rings. The summed E-state index contributed by atoms with van der Waals surface area (Å²) in [5.74, 6) is -1.43. The van der Waals surface area contributed by atoms with Crippen LogP contribution in [0.25, 0.3) is 5.69 Å². The molecule has 6 nitrogen and oxygen atoms in total. The van der Waals surface area contributed by atoms with Crippen LogP contribution < -0.4 is 5.32 Å². The summed E-state index contributed by atoms with van der Waals surface area (Å²) in [5, 5.41) is 17.1. The maximum Gasteiger partial charge on any atom is 0.305 e. The highest BCUT2D eigenvalue weighted by molar-refractivity contribution is 9.10. The standard InChI is InChI=1S/C20H16BrCl2N3O3/c1-11-15(10-24-26(11)14-5-6-16(22)17(23)8-14)20(29)25-18(9-19(27)28)12-3-2-4-13(21)7-12/h2-8,10,18H,9H2,1H3,(H,25,29)(H,27,28). The lowest BCUT2D eigenvalue weighted by molar-refractivity contribution is -0.137. The Bertz CT molecular complexity index is 1080. The van der Waals surface area contributed by atoms with Gasteiger partial charge in [0.05, 0.1) is 45.6 Å². The van der Waals surface area contributed by atoms with E-state index in [1.165, 1.54) is 6.20 Å². The van der Waals surface area contributed by atoms with Gasteiger partial charge in [-0.2, -0.15) is 5.10 Å². The fourth-order valence-electron chi connectivity index (χ4n) is 2.90. The molecule has 1 atom stereocenters. The third kappa shape index (κ3) is 4.98. The second kappa shape index (κ2) is 8.98. The number of hydrogen-bond acceptors (Lipinski definition) is 3. The van der Waals surface area contributed by atoms with Crippen molar-refractivity contribution in [1.82, 2.24) is 15.1 Å². The first-order valence-corrected chi connectivity index (χ1v) is 10.1. The molecule has 1 amide bonds. The van der Waals surface area contributed by atoms with E-state index >= 15 is 0 Å². The van der Waals surface area contributed by atoms with Gasteiger partial charge in [0.1, 0.15) is 0 Å². The molecule has 1 heterocycles. The minimum absolute atomic E-state index is 0.248. The molecule has 1 aromatic heterocycles. The molecule has 0 fully saturated rings. The zero-order chi connectivity index (χ0) is 21.1. The van der Waals surface area contributed by atoms with Crippen LogP contribution in [-0.2, 0) is 4.79 Å². The third-order valence-corrected chi connectivity index (χ3v) is 5.57. The van der Waals surface area contributed by atoms with Crippen LogP contribution in [0.4, 0.5) is 0 Å². The predicted molar refractivity (Wildman–Crippen MR) is 115 cm³/mol. The highest BCUT2D eigenvalue weighted by Crippen LogP contribution is 2.26. The Balaban J connectivity index is 1.88. The van der Waals surface area contributed by atoms with Gasteiger partial charge in [0.25, 0.3) is 5.91 Å². The van der Waals surface area contributed by atoms with Crippen molar-refractivity contribution in [2.75, 3.05) is 0 Å². The lowest BCUT2D eigenvalue weighted by Gasteiger charge is -2.18. The molecule has 2 aromatic carbocycles. The summed E-state index contributed by atoms with van der Waals surface area (Å²) in [6.07, 6.45) is 1.19. The van der Waals surface area contributed by atoms with E-state index in [4.69, 9.17) is 23.2 Å². The first-order chi connectivity index (χ1) is 13.8. The van der Waals surface area contributed by atoms with Crippen LogP contribution in [0.2, 0.25) is 10.0 Å². The lowest BCUT2D eigenvalue weighted by Crippen LogP contribution is -2.30. The molecular weight excluding hydrogens is 481 g/mol. The van der Waals surface area contributed by atoms with Crippen LogP contribution >= 0.6 is 39.1 Å². The molecule has 0 bridgehead atoms. The Morgan fingerprint density at radius 3 is 2.62 bits per heavy atom. The maximum atomic E-state index is 12.9. The van der Waals surface area contributed by atoms with Gasteiger partial charge in [-0.1, -0.05) is 51.3 Å². The van der Waals surface area contributed by atoms with Gasteiger partial charge >= 0.3 is 5.97 Å². The van der Waals surface area contributed by atoms with Crippen molar-refractivity contribution < 1.29 is 14.7 Å². The fraction of sp³-hybridized carbons (Fsp3) is 0.150. The van der Waals surface area contributed by atoms with Gasteiger partial charge in [-0.3, -0.25) is 9.59 Å². The van der Waals surface area contributed by atoms with Gasteiger partial charge in [0.2, 0.25) is 0 Å². The highest BCUT2D eigenvalue weighted by Gasteiger charge is 2.22. The predicted octanol–water partition coefficient (Wildman–Crippen LogP) is 5.20. The number of benzene rings is 2. The Kier molecular flexibility index (Phi) is 6.62.